The van der Waals surface area contributed by atoms with Gasteiger partial charge in [-0.15, -0.1) is 0 Å². The second kappa shape index (κ2) is 11.1. The molecule has 8 nitrogen and oxygen atoms in total. The molecule has 1 aliphatic heterocycles. The standard InChI is InChI=1S/C25H30N4O4S/c1-15-7-6-8-20(16(15)2)27-24(31)26-19-11-9-18(10-12-19)22-21(23(30)33-14-13-32-5)17(3)29(4)25(34)28-22/h6-12,22H,13-14H2,1-5H3,(H,28,34)(H2,26,27,31). The predicted octanol–water partition coefficient (Wildman–Crippen LogP) is 4.27. The smallest absolute Gasteiger partial charge is 0.338 e. The highest BCUT2D eigenvalue weighted by Gasteiger charge is 2.33. The number of carbonyl (C=O) groups excluding carboxylic acids is 2. The van der Waals surface area contributed by atoms with Gasteiger partial charge in [-0.2, -0.15) is 0 Å². The lowest BCUT2D eigenvalue weighted by molar-refractivity contribution is -0.140. The van der Waals surface area contributed by atoms with Crippen LogP contribution in [-0.2, 0) is 14.3 Å². The van der Waals surface area contributed by atoms with Gasteiger partial charge in [0.1, 0.15) is 6.61 Å². The predicted molar refractivity (Wildman–Crippen MR) is 137 cm³/mol. The van der Waals surface area contributed by atoms with Crippen LogP contribution in [0.4, 0.5) is 16.2 Å². The van der Waals surface area contributed by atoms with Crippen molar-refractivity contribution in [3.05, 3.63) is 70.4 Å². The number of nitrogens with zero attached hydrogens (tertiary/aromatic N) is 1. The van der Waals surface area contributed by atoms with Gasteiger partial charge in [0, 0.05) is 31.2 Å². The number of rotatable bonds is 7. The topological polar surface area (TPSA) is 91.9 Å². The minimum absolute atomic E-state index is 0.158. The van der Waals surface area contributed by atoms with Gasteiger partial charge in [-0.05, 0) is 67.9 Å². The number of ether oxygens (including phenoxy) is 2. The summed E-state index contributed by atoms with van der Waals surface area (Å²) in [6.45, 7) is 6.27. The second-order valence-corrected chi connectivity index (χ2v) is 8.40. The normalized spacial score (nSPS) is 15.6. The van der Waals surface area contributed by atoms with Crippen molar-refractivity contribution in [3.63, 3.8) is 0 Å². The number of nitrogens with one attached hydrogen (secondary N) is 3. The van der Waals surface area contributed by atoms with Crippen LogP contribution in [0.25, 0.3) is 0 Å². The van der Waals surface area contributed by atoms with Crippen LogP contribution in [0.1, 0.15) is 29.7 Å². The van der Waals surface area contributed by atoms with Crippen molar-refractivity contribution in [1.82, 2.24) is 10.2 Å². The van der Waals surface area contributed by atoms with E-state index in [1.807, 2.05) is 51.1 Å². The third kappa shape index (κ3) is 5.73. The van der Waals surface area contributed by atoms with E-state index in [2.05, 4.69) is 16.0 Å². The number of thiocarbonyl (C=S) groups is 1. The molecule has 2 aromatic carbocycles. The van der Waals surface area contributed by atoms with Crippen LogP contribution >= 0.6 is 12.2 Å². The Balaban J connectivity index is 1.76. The number of amides is 2. The molecular formula is C25H30N4O4S. The Morgan fingerprint density at radius 3 is 2.44 bits per heavy atom. The molecule has 34 heavy (non-hydrogen) atoms. The minimum Gasteiger partial charge on any atom is -0.460 e. The van der Waals surface area contributed by atoms with Crippen LogP contribution in [0, 0.1) is 13.8 Å². The summed E-state index contributed by atoms with van der Waals surface area (Å²) in [5, 5.41) is 9.43. The molecule has 0 saturated heterocycles. The molecule has 0 bridgehead atoms. The molecule has 2 aromatic rings. The molecule has 0 aliphatic carbocycles. The fourth-order valence-electron chi connectivity index (χ4n) is 3.58. The molecule has 3 rings (SSSR count). The van der Waals surface area contributed by atoms with E-state index < -0.39 is 12.0 Å². The number of benzene rings is 2. The summed E-state index contributed by atoms with van der Waals surface area (Å²) in [6, 6.07) is 12.2. The number of urea groups is 1. The lowest BCUT2D eigenvalue weighted by Gasteiger charge is -2.35. The summed E-state index contributed by atoms with van der Waals surface area (Å²) in [4.78, 5) is 27.1. The summed E-state index contributed by atoms with van der Waals surface area (Å²) in [7, 11) is 3.35. The molecule has 180 valence electrons. The Kier molecular flexibility index (Phi) is 8.25. The van der Waals surface area contributed by atoms with E-state index in [9.17, 15) is 9.59 Å². The van der Waals surface area contributed by atoms with Crippen LogP contribution in [-0.4, -0.2) is 49.4 Å². The minimum atomic E-state index is -0.475. The van der Waals surface area contributed by atoms with E-state index in [1.54, 1.807) is 31.2 Å². The first-order valence-corrected chi connectivity index (χ1v) is 11.3. The molecule has 9 heteroatoms. The van der Waals surface area contributed by atoms with Gasteiger partial charge >= 0.3 is 12.0 Å². The van der Waals surface area contributed by atoms with E-state index >= 15 is 0 Å². The average molecular weight is 483 g/mol. The van der Waals surface area contributed by atoms with E-state index in [1.165, 1.54) is 0 Å². The molecule has 3 N–H and O–H groups in total. The summed E-state index contributed by atoms with van der Waals surface area (Å²) < 4.78 is 10.4. The number of methoxy groups -OCH3 is 1. The van der Waals surface area contributed by atoms with Crippen molar-refractivity contribution < 1.29 is 19.1 Å². The van der Waals surface area contributed by atoms with Gasteiger partial charge < -0.3 is 30.3 Å². The molecule has 1 heterocycles. The second-order valence-electron chi connectivity index (χ2n) is 8.02. The molecule has 0 fully saturated rings. The number of hydrogen-bond acceptors (Lipinski definition) is 5. The summed E-state index contributed by atoms with van der Waals surface area (Å²) in [6.07, 6.45) is 0. The highest BCUT2D eigenvalue weighted by molar-refractivity contribution is 7.80. The Morgan fingerprint density at radius 1 is 1.06 bits per heavy atom. The number of aryl methyl sites for hydroxylation is 1. The van der Waals surface area contributed by atoms with Gasteiger partial charge in [-0.3, -0.25) is 0 Å². The molecule has 1 atom stereocenters. The van der Waals surface area contributed by atoms with Crippen molar-refractivity contribution in [3.8, 4) is 0 Å². The van der Waals surface area contributed by atoms with Crippen molar-refractivity contribution in [2.75, 3.05) is 38.0 Å². The first-order chi connectivity index (χ1) is 16.2. The van der Waals surface area contributed by atoms with Crippen LogP contribution in [0.5, 0.6) is 0 Å². The molecule has 0 aromatic heterocycles. The maximum absolute atomic E-state index is 12.8. The molecule has 1 unspecified atom stereocenters. The fraction of sp³-hybridized carbons (Fsp3) is 0.320. The fourth-order valence-corrected chi connectivity index (χ4v) is 3.83. The molecule has 1 aliphatic rings. The number of allylic oxidation sites excluding steroid dienone is 1. The molecule has 0 saturated carbocycles. The average Bonchev–Trinajstić information content (AvgIpc) is 2.81. The van der Waals surface area contributed by atoms with E-state index in [0.29, 0.717) is 28.7 Å². The van der Waals surface area contributed by atoms with Crippen molar-refractivity contribution >= 4 is 40.7 Å². The number of anilines is 2. The molecule has 0 spiro atoms. The highest BCUT2D eigenvalue weighted by atomic mass is 32.1. The first kappa shape index (κ1) is 25.2. The molecule has 0 radical (unpaired) electrons. The van der Waals surface area contributed by atoms with Gasteiger partial charge in [0.25, 0.3) is 0 Å². The Hall–Kier alpha value is -3.43. The molecule has 2 amide bonds. The number of hydrogen-bond donors (Lipinski definition) is 3. The lowest BCUT2D eigenvalue weighted by atomic mass is 9.95. The maximum Gasteiger partial charge on any atom is 0.338 e. The highest BCUT2D eigenvalue weighted by Crippen LogP contribution is 2.31. The SMILES string of the molecule is COCCOC(=O)C1=C(C)N(C)C(=S)NC1c1ccc(NC(=O)Nc2cccc(C)c2C)cc1. The van der Waals surface area contributed by atoms with Gasteiger partial charge in [0.2, 0.25) is 0 Å². The zero-order valence-electron chi connectivity index (χ0n) is 20.0. The summed E-state index contributed by atoms with van der Waals surface area (Å²) in [5.41, 5.74) is 5.50. The van der Waals surface area contributed by atoms with Gasteiger partial charge in [-0.1, -0.05) is 24.3 Å². The Labute approximate surface area is 205 Å². The third-order valence-electron chi connectivity index (χ3n) is 5.85. The van der Waals surface area contributed by atoms with Gasteiger partial charge in [0.05, 0.1) is 18.2 Å². The zero-order valence-corrected chi connectivity index (χ0v) is 20.8. The lowest BCUT2D eigenvalue weighted by Crippen LogP contribution is -2.46. The number of esters is 1. The van der Waals surface area contributed by atoms with Gasteiger partial charge in [-0.25, -0.2) is 9.59 Å². The summed E-state index contributed by atoms with van der Waals surface area (Å²) >= 11 is 5.44. The monoisotopic (exact) mass is 482 g/mol. The maximum atomic E-state index is 12.8. The van der Waals surface area contributed by atoms with Crippen molar-refractivity contribution in [2.24, 2.45) is 0 Å². The third-order valence-corrected chi connectivity index (χ3v) is 6.24. The molecular weight excluding hydrogens is 452 g/mol. The van der Waals surface area contributed by atoms with Crippen molar-refractivity contribution in [2.45, 2.75) is 26.8 Å². The van der Waals surface area contributed by atoms with E-state index in [-0.39, 0.29) is 12.6 Å². The summed E-state index contributed by atoms with van der Waals surface area (Å²) in [5.74, 6) is -0.434. The van der Waals surface area contributed by atoms with Crippen LogP contribution in [0.15, 0.2) is 53.7 Å². The first-order valence-electron chi connectivity index (χ1n) is 10.9. The van der Waals surface area contributed by atoms with E-state index in [0.717, 1.165) is 22.4 Å². The van der Waals surface area contributed by atoms with Crippen LogP contribution in [0.3, 0.4) is 0 Å². The zero-order chi connectivity index (χ0) is 24.8. The number of carbonyl (C=O) groups is 2. The quantitative estimate of drug-likeness (QED) is 0.308. The Bertz CT molecular complexity index is 1110. The van der Waals surface area contributed by atoms with Gasteiger partial charge in [0.15, 0.2) is 5.11 Å². The van der Waals surface area contributed by atoms with Crippen molar-refractivity contribution in [1.29, 1.82) is 0 Å². The van der Waals surface area contributed by atoms with Crippen LogP contribution in [0.2, 0.25) is 0 Å². The Morgan fingerprint density at radius 2 is 1.76 bits per heavy atom. The largest absolute Gasteiger partial charge is 0.460 e. The van der Waals surface area contributed by atoms with Crippen LogP contribution < -0.4 is 16.0 Å². The van der Waals surface area contributed by atoms with E-state index in [4.69, 9.17) is 21.7 Å².